The van der Waals surface area contributed by atoms with Crippen molar-refractivity contribution < 1.29 is 47.3 Å². The van der Waals surface area contributed by atoms with Gasteiger partial charge in [0.1, 0.15) is 0 Å². The first kappa shape index (κ1) is 16.5. The SMILES string of the molecule is CC=CC(=O)NCCCS(=O)(=O)[O-].[Na+]. The zero-order chi connectivity index (χ0) is 10.3. The van der Waals surface area contributed by atoms with Gasteiger partial charge in [-0.2, -0.15) is 0 Å². The van der Waals surface area contributed by atoms with E-state index in [0.29, 0.717) is 0 Å². The molecule has 0 saturated heterocycles. The van der Waals surface area contributed by atoms with Crippen LogP contribution in [-0.2, 0) is 14.9 Å². The van der Waals surface area contributed by atoms with Gasteiger partial charge in [-0.25, -0.2) is 8.42 Å². The molecule has 0 atom stereocenters. The van der Waals surface area contributed by atoms with Crippen LogP contribution in [-0.4, -0.2) is 31.2 Å². The number of allylic oxidation sites excluding steroid dienone is 1. The minimum absolute atomic E-state index is 0. The second kappa shape index (κ2) is 8.43. The average molecular weight is 229 g/mol. The summed E-state index contributed by atoms with van der Waals surface area (Å²) < 4.78 is 30.4. The smallest absolute Gasteiger partial charge is 0.748 e. The van der Waals surface area contributed by atoms with Gasteiger partial charge in [-0.3, -0.25) is 4.79 Å². The summed E-state index contributed by atoms with van der Waals surface area (Å²) in [4.78, 5) is 10.7. The van der Waals surface area contributed by atoms with Crippen LogP contribution in [0.25, 0.3) is 0 Å². The van der Waals surface area contributed by atoms with E-state index in [1.807, 2.05) is 0 Å². The second-order valence-corrected chi connectivity index (χ2v) is 3.93. The molecule has 0 rings (SSSR count). The van der Waals surface area contributed by atoms with Gasteiger partial charge in [0.25, 0.3) is 0 Å². The Labute approximate surface area is 106 Å². The van der Waals surface area contributed by atoms with Crippen molar-refractivity contribution >= 4 is 16.0 Å². The first-order valence-corrected chi connectivity index (χ1v) is 5.37. The molecule has 76 valence electrons. The average Bonchev–Trinajstić information content (AvgIpc) is 1.97. The molecule has 0 saturated carbocycles. The van der Waals surface area contributed by atoms with Gasteiger partial charge in [-0.1, -0.05) is 6.08 Å². The van der Waals surface area contributed by atoms with Crippen molar-refractivity contribution in [3.05, 3.63) is 12.2 Å². The fourth-order valence-corrected chi connectivity index (χ4v) is 1.17. The normalized spacial score (nSPS) is 11.0. The van der Waals surface area contributed by atoms with Crippen LogP contribution in [0.15, 0.2) is 12.2 Å². The van der Waals surface area contributed by atoms with Crippen LogP contribution in [0.5, 0.6) is 0 Å². The summed E-state index contributed by atoms with van der Waals surface area (Å²) in [5, 5.41) is 2.43. The summed E-state index contributed by atoms with van der Waals surface area (Å²) in [5.41, 5.74) is 0. The summed E-state index contributed by atoms with van der Waals surface area (Å²) in [6.45, 7) is 1.90. The van der Waals surface area contributed by atoms with Gasteiger partial charge in [0.05, 0.1) is 10.1 Å². The minimum atomic E-state index is -4.15. The van der Waals surface area contributed by atoms with Crippen molar-refractivity contribution in [2.24, 2.45) is 0 Å². The van der Waals surface area contributed by atoms with Crippen LogP contribution < -0.4 is 34.9 Å². The molecule has 0 aromatic rings. The maximum atomic E-state index is 10.7. The number of rotatable bonds is 5. The Kier molecular flexibility index (Phi) is 9.96. The number of hydrogen-bond acceptors (Lipinski definition) is 4. The molecule has 0 aliphatic rings. The minimum Gasteiger partial charge on any atom is -0.748 e. The molecule has 0 fully saturated rings. The van der Waals surface area contributed by atoms with E-state index in [1.54, 1.807) is 13.0 Å². The summed E-state index contributed by atoms with van der Waals surface area (Å²) in [6.07, 6.45) is 3.04. The van der Waals surface area contributed by atoms with E-state index in [-0.39, 0.29) is 48.4 Å². The Morgan fingerprint density at radius 3 is 2.50 bits per heavy atom. The molecular weight excluding hydrogens is 217 g/mol. The summed E-state index contributed by atoms with van der Waals surface area (Å²) in [5.74, 6) is -0.728. The molecule has 5 nitrogen and oxygen atoms in total. The van der Waals surface area contributed by atoms with Gasteiger partial charge in [0.2, 0.25) is 5.91 Å². The number of hydrogen-bond donors (Lipinski definition) is 1. The standard InChI is InChI=1S/C7H13NO4S.Na/c1-2-4-7(9)8-5-3-6-13(10,11)12;/h2,4H,3,5-6H2,1H3,(H,8,9)(H,10,11,12);/q;+1/p-1. The molecule has 0 aliphatic heterocycles. The Morgan fingerprint density at radius 2 is 2.07 bits per heavy atom. The molecule has 0 heterocycles. The molecule has 14 heavy (non-hydrogen) atoms. The molecule has 0 bridgehead atoms. The van der Waals surface area contributed by atoms with E-state index in [9.17, 15) is 17.8 Å². The number of carbonyl (C=O) groups excluding carboxylic acids is 1. The van der Waals surface area contributed by atoms with E-state index >= 15 is 0 Å². The third-order valence-corrected chi connectivity index (χ3v) is 1.98. The van der Waals surface area contributed by atoms with Crippen molar-refractivity contribution in [3.8, 4) is 0 Å². The Balaban J connectivity index is 0. The van der Waals surface area contributed by atoms with E-state index in [4.69, 9.17) is 0 Å². The van der Waals surface area contributed by atoms with E-state index in [1.165, 1.54) is 6.08 Å². The Morgan fingerprint density at radius 1 is 1.50 bits per heavy atom. The van der Waals surface area contributed by atoms with Gasteiger partial charge in [0.15, 0.2) is 0 Å². The van der Waals surface area contributed by atoms with E-state index in [0.717, 1.165) is 0 Å². The van der Waals surface area contributed by atoms with Crippen molar-refractivity contribution in [3.63, 3.8) is 0 Å². The predicted octanol–water partition coefficient (Wildman–Crippen LogP) is -3.38. The van der Waals surface area contributed by atoms with Crippen LogP contribution in [0, 0.1) is 0 Å². The van der Waals surface area contributed by atoms with Gasteiger partial charge >= 0.3 is 29.6 Å². The number of nitrogens with one attached hydrogen (secondary N) is 1. The first-order chi connectivity index (χ1) is 5.95. The van der Waals surface area contributed by atoms with Gasteiger partial charge in [-0.15, -0.1) is 0 Å². The molecule has 0 aromatic heterocycles. The topological polar surface area (TPSA) is 86.3 Å². The molecular formula is C7H12NNaO4S. The van der Waals surface area contributed by atoms with E-state index in [2.05, 4.69) is 5.32 Å². The van der Waals surface area contributed by atoms with Crippen LogP contribution in [0.3, 0.4) is 0 Å². The largest absolute Gasteiger partial charge is 1.00 e. The zero-order valence-corrected chi connectivity index (χ0v) is 11.1. The number of amides is 1. The van der Waals surface area contributed by atoms with Gasteiger partial charge in [-0.05, 0) is 19.4 Å². The van der Waals surface area contributed by atoms with Crippen molar-refractivity contribution in [1.29, 1.82) is 0 Å². The molecule has 7 heteroatoms. The third-order valence-electron chi connectivity index (χ3n) is 1.19. The van der Waals surface area contributed by atoms with Crippen LogP contribution in [0.2, 0.25) is 0 Å². The van der Waals surface area contributed by atoms with Crippen LogP contribution >= 0.6 is 0 Å². The summed E-state index contributed by atoms with van der Waals surface area (Å²) in [7, 11) is -4.15. The molecule has 1 N–H and O–H groups in total. The molecule has 1 amide bonds. The second-order valence-electron chi connectivity index (χ2n) is 2.41. The summed E-state index contributed by atoms with van der Waals surface area (Å²) >= 11 is 0. The van der Waals surface area contributed by atoms with Crippen molar-refractivity contribution in [2.75, 3.05) is 12.3 Å². The molecule has 0 aromatic carbocycles. The summed E-state index contributed by atoms with van der Waals surface area (Å²) in [6, 6.07) is 0. The Bertz CT molecular complexity index is 286. The molecule has 0 radical (unpaired) electrons. The quantitative estimate of drug-likeness (QED) is 0.231. The number of carbonyl (C=O) groups is 1. The fourth-order valence-electron chi connectivity index (χ4n) is 0.671. The maximum Gasteiger partial charge on any atom is 1.00 e. The molecule has 0 unspecified atom stereocenters. The van der Waals surface area contributed by atoms with Crippen molar-refractivity contribution in [2.45, 2.75) is 13.3 Å². The Hall–Kier alpha value is 0.120. The van der Waals surface area contributed by atoms with Gasteiger partial charge in [0, 0.05) is 12.3 Å². The third kappa shape index (κ3) is 12.1. The maximum absolute atomic E-state index is 10.7. The zero-order valence-electron chi connectivity index (χ0n) is 8.32. The van der Waals surface area contributed by atoms with Gasteiger partial charge < -0.3 is 9.87 Å². The molecule has 0 aliphatic carbocycles. The molecule has 0 spiro atoms. The monoisotopic (exact) mass is 229 g/mol. The fraction of sp³-hybridized carbons (Fsp3) is 0.571. The van der Waals surface area contributed by atoms with Crippen LogP contribution in [0.1, 0.15) is 13.3 Å². The van der Waals surface area contributed by atoms with E-state index < -0.39 is 15.9 Å². The van der Waals surface area contributed by atoms with Crippen molar-refractivity contribution in [1.82, 2.24) is 5.32 Å². The first-order valence-electron chi connectivity index (χ1n) is 3.80. The predicted molar refractivity (Wildman–Crippen MR) is 47.0 cm³/mol. The van der Waals surface area contributed by atoms with Crippen LogP contribution in [0.4, 0.5) is 0 Å².